The molecule has 0 fully saturated rings. The van der Waals surface area contributed by atoms with Crippen LogP contribution in [-0.2, 0) is 12.6 Å². The molecule has 0 aliphatic rings. The minimum atomic E-state index is -4.34. The van der Waals surface area contributed by atoms with Crippen molar-refractivity contribution in [1.82, 2.24) is 4.98 Å². The van der Waals surface area contributed by atoms with Crippen molar-refractivity contribution in [2.24, 2.45) is 0 Å². The summed E-state index contributed by atoms with van der Waals surface area (Å²) < 4.78 is 37.7. The van der Waals surface area contributed by atoms with Gasteiger partial charge in [-0.05, 0) is 29.7 Å². The first kappa shape index (κ1) is 13.3. The maximum absolute atomic E-state index is 12.6. The predicted molar refractivity (Wildman–Crippen MR) is 63.9 cm³/mol. The van der Waals surface area contributed by atoms with E-state index < -0.39 is 11.7 Å². The van der Waals surface area contributed by atoms with E-state index in [9.17, 15) is 18.0 Å². The van der Waals surface area contributed by atoms with Gasteiger partial charge in [0.1, 0.15) is 5.69 Å². The molecule has 2 rings (SSSR count). The zero-order valence-corrected chi connectivity index (χ0v) is 9.82. The van der Waals surface area contributed by atoms with E-state index in [0.29, 0.717) is 24.0 Å². The van der Waals surface area contributed by atoms with Crippen molar-refractivity contribution in [2.75, 3.05) is 0 Å². The SMILES string of the molecule is O=Cc1ccc(Cc2cccc(C(F)(F)F)c2)cn1. The van der Waals surface area contributed by atoms with Gasteiger partial charge in [-0.25, -0.2) is 0 Å². The number of benzene rings is 1. The van der Waals surface area contributed by atoms with E-state index in [1.165, 1.54) is 18.3 Å². The van der Waals surface area contributed by atoms with Gasteiger partial charge >= 0.3 is 6.18 Å². The Kier molecular flexibility index (Phi) is 3.64. The van der Waals surface area contributed by atoms with Crippen molar-refractivity contribution in [3.05, 3.63) is 65.0 Å². The first-order valence-electron chi connectivity index (χ1n) is 5.55. The van der Waals surface area contributed by atoms with Crippen LogP contribution in [0.15, 0.2) is 42.6 Å². The molecule has 2 aromatic rings. The molecule has 5 heteroatoms. The second-order valence-electron chi connectivity index (χ2n) is 4.08. The van der Waals surface area contributed by atoms with E-state index >= 15 is 0 Å². The number of carbonyl (C=O) groups is 1. The molecule has 0 aliphatic carbocycles. The molecule has 19 heavy (non-hydrogen) atoms. The molecule has 1 heterocycles. The minimum absolute atomic E-state index is 0.299. The molecule has 0 amide bonds. The van der Waals surface area contributed by atoms with Crippen LogP contribution in [0.5, 0.6) is 0 Å². The normalized spacial score (nSPS) is 11.3. The average Bonchev–Trinajstić information content (AvgIpc) is 2.39. The molecule has 98 valence electrons. The fraction of sp³-hybridized carbons (Fsp3) is 0.143. The van der Waals surface area contributed by atoms with Gasteiger partial charge in [0.2, 0.25) is 0 Å². The number of pyridine rings is 1. The molecule has 0 radical (unpaired) electrons. The van der Waals surface area contributed by atoms with Crippen molar-refractivity contribution in [2.45, 2.75) is 12.6 Å². The van der Waals surface area contributed by atoms with E-state index in [1.54, 1.807) is 12.1 Å². The lowest BCUT2D eigenvalue weighted by Gasteiger charge is -2.08. The zero-order valence-electron chi connectivity index (χ0n) is 9.82. The summed E-state index contributed by atoms with van der Waals surface area (Å²) in [4.78, 5) is 14.3. The van der Waals surface area contributed by atoms with Crippen LogP contribution in [0.4, 0.5) is 13.2 Å². The van der Waals surface area contributed by atoms with Crippen LogP contribution in [0.25, 0.3) is 0 Å². The Morgan fingerprint density at radius 2 is 1.89 bits per heavy atom. The molecule has 0 spiro atoms. The molecule has 1 aromatic carbocycles. The van der Waals surface area contributed by atoms with Gasteiger partial charge < -0.3 is 0 Å². The van der Waals surface area contributed by atoms with Crippen molar-refractivity contribution < 1.29 is 18.0 Å². The quantitative estimate of drug-likeness (QED) is 0.795. The summed E-state index contributed by atoms with van der Waals surface area (Å²) in [6.07, 6.45) is -1.89. The van der Waals surface area contributed by atoms with Gasteiger partial charge in [0.15, 0.2) is 6.29 Å². The molecule has 0 bridgehead atoms. The van der Waals surface area contributed by atoms with Crippen LogP contribution < -0.4 is 0 Å². The number of halogens is 3. The Bertz CT molecular complexity index is 576. The van der Waals surface area contributed by atoms with Crippen molar-refractivity contribution in [3.63, 3.8) is 0 Å². The lowest BCUT2D eigenvalue weighted by atomic mass is 10.0. The van der Waals surface area contributed by atoms with Crippen molar-refractivity contribution in [1.29, 1.82) is 0 Å². The topological polar surface area (TPSA) is 30.0 Å². The van der Waals surface area contributed by atoms with Gasteiger partial charge in [0.25, 0.3) is 0 Å². The predicted octanol–water partition coefficient (Wildman–Crippen LogP) is 3.50. The second kappa shape index (κ2) is 5.22. The fourth-order valence-corrected chi connectivity index (χ4v) is 1.70. The smallest absolute Gasteiger partial charge is 0.296 e. The number of carbonyl (C=O) groups excluding carboxylic acids is 1. The Morgan fingerprint density at radius 1 is 1.11 bits per heavy atom. The van der Waals surface area contributed by atoms with Gasteiger partial charge in [-0.2, -0.15) is 13.2 Å². The second-order valence-corrected chi connectivity index (χ2v) is 4.08. The Balaban J connectivity index is 2.20. The number of aromatic nitrogens is 1. The summed E-state index contributed by atoms with van der Waals surface area (Å²) >= 11 is 0. The van der Waals surface area contributed by atoms with Crippen LogP contribution in [0, 0.1) is 0 Å². The number of hydrogen-bond acceptors (Lipinski definition) is 2. The minimum Gasteiger partial charge on any atom is -0.296 e. The lowest BCUT2D eigenvalue weighted by Crippen LogP contribution is -2.05. The van der Waals surface area contributed by atoms with Crippen LogP contribution in [0.2, 0.25) is 0 Å². The fourth-order valence-electron chi connectivity index (χ4n) is 1.70. The average molecular weight is 265 g/mol. The van der Waals surface area contributed by atoms with E-state index in [0.717, 1.165) is 17.7 Å². The summed E-state index contributed by atoms with van der Waals surface area (Å²) in [5, 5.41) is 0. The van der Waals surface area contributed by atoms with Crippen molar-refractivity contribution >= 4 is 6.29 Å². The molecule has 0 unspecified atom stereocenters. The maximum Gasteiger partial charge on any atom is 0.416 e. The van der Waals surface area contributed by atoms with E-state index in [2.05, 4.69) is 4.98 Å². The molecule has 1 aromatic heterocycles. The van der Waals surface area contributed by atoms with Crippen LogP contribution in [0.3, 0.4) is 0 Å². The third kappa shape index (κ3) is 3.40. The van der Waals surface area contributed by atoms with Crippen LogP contribution in [0.1, 0.15) is 27.2 Å². The highest BCUT2D eigenvalue weighted by Crippen LogP contribution is 2.29. The number of aldehydes is 1. The van der Waals surface area contributed by atoms with Gasteiger partial charge in [-0.3, -0.25) is 9.78 Å². The zero-order chi connectivity index (χ0) is 13.9. The van der Waals surface area contributed by atoms with Gasteiger partial charge in [-0.1, -0.05) is 24.3 Å². The lowest BCUT2D eigenvalue weighted by molar-refractivity contribution is -0.137. The summed E-state index contributed by atoms with van der Waals surface area (Å²) in [5.74, 6) is 0. The van der Waals surface area contributed by atoms with E-state index in [-0.39, 0.29) is 0 Å². The van der Waals surface area contributed by atoms with Gasteiger partial charge in [0.05, 0.1) is 5.56 Å². The summed E-state index contributed by atoms with van der Waals surface area (Å²) in [7, 11) is 0. The maximum atomic E-state index is 12.6. The summed E-state index contributed by atoms with van der Waals surface area (Å²) in [6.45, 7) is 0. The number of hydrogen-bond donors (Lipinski definition) is 0. The Morgan fingerprint density at radius 3 is 2.47 bits per heavy atom. The standard InChI is InChI=1S/C14H10F3NO/c15-14(16,17)12-3-1-2-10(7-12)6-11-4-5-13(9-19)18-8-11/h1-5,7-9H,6H2. The molecule has 0 aliphatic heterocycles. The molecular formula is C14H10F3NO. The van der Waals surface area contributed by atoms with Crippen molar-refractivity contribution in [3.8, 4) is 0 Å². The third-order valence-corrected chi connectivity index (χ3v) is 2.63. The Hall–Kier alpha value is -2.17. The first-order valence-corrected chi connectivity index (χ1v) is 5.55. The monoisotopic (exact) mass is 265 g/mol. The highest BCUT2D eigenvalue weighted by molar-refractivity contribution is 5.71. The van der Waals surface area contributed by atoms with Crippen LogP contribution >= 0.6 is 0 Å². The number of alkyl halides is 3. The van der Waals surface area contributed by atoms with Gasteiger partial charge in [-0.15, -0.1) is 0 Å². The Labute approximate surface area is 107 Å². The van der Waals surface area contributed by atoms with Gasteiger partial charge in [0, 0.05) is 6.20 Å². The molecule has 0 saturated carbocycles. The van der Waals surface area contributed by atoms with E-state index in [1.807, 2.05) is 0 Å². The first-order chi connectivity index (χ1) is 8.99. The molecule has 0 N–H and O–H groups in total. The highest BCUT2D eigenvalue weighted by Gasteiger charge is 2.30. The highest BCUT2D eigenvalue weighted by atomic mass is 19.4. The summed E-state index contributed by atoms with van der Waals surface area (Å²) in [6, 6.07) is 8.38. The summed E-state index contributed by atoms with van der Waals surface area (Å²) in [5.41, 5.74) is 0.940. The van der Waals surface area contributed by atoms with Crippen LogP contribution in [-0.4, -0.2) is 11.3 Å². The van der Waals surface area contributed by atoms with E-state index in [4.69, 9.17) is 0 Å². The third-order valence-electron chi connectivity index (χ3n) is 2.63. The molecule has 0 saturated heterocycles. The largest absolute Gasteiger partial charge is 0.416 e. The molecular weight excluding hydrogens is 255 g/mol. The number of nitrogens with zero attached hydrogens (tertiary/aromatic N) is 1. The molecule has 0 atom stereocenters. The molecule has 2 nitrogen and oxygen atoms in total. The number of rotatable bonds is 3.